The van der Waals surface area contributed by atoms with Crippen LogP contribution in [-0.4, -0.2) is 45.2 Å². The van der Waals surface area contributed by atoms with E-state index in [4.69, 9.17) is 0 Å². The van der Waals surface area contributed by atoms with Crippen LogP contribution in [0, 0.1) is 24.0 Å². The Morgan fingerprint density at radius 2 is 1.88 bits per heavy atom. The molecular formula is C24H26N4O4S. The first kappa shape index (κ1) is 22.8. The number of aromatic nitrogens is 1. The van der Waals surface area contributed by atoms with E-state index < -0.39 is 0 Å². The fourth-order valence-electron chi connectivity index (χ4n) is 4.46. The molecule has 4 rings (SSSR count). The number of carbonyl (C=O) groups excluding carboxylic acids is 2. The molecule has 0 bridgehead atoms. The molecule has 0 N–H and O–H groups in total. The number of nitrogens with zero attached hydrogens (tertiary/aromatic N) is 4. The summed E-state index contributed by atoms with van der Waals surface area (Å²) in [6.07, 6.45) is 6.46. The number of nitro groups is 1. The zero-order valence-electron chi connectivity index (χ0n) is 18.7. The van der Waals surface area contributed by atoms with E-state index in [0.717, 1.165) is 66.0 Å². The third-order valence-corrected chi connectivity index (χ3v) is 6.96. The molecule has 0 aliphatic carbocycles. The molecule has 2 amide bonds. The molecule has 0 unspecified atom stereocenters. The number of benzene rings is 1. The first-order chi connectivity index (χ1) is 15.8. The van der Waals surface area contributed by atoms with E-state index in [1.54, 1.807) is 12.1 Å². The number of amides is 2. The summed E-state index contributed by atoms with van der Waals surface area (Å²) >= 11 is 0.907. The molecule has 3 heterocycles. The lowest BCUT2D eigenvalue weighted by molar-refractivity contribution is -0.384. The molecule has 9 heteroatoms. The van der Waals surface area contributed by atoms with E-state index in [1.807, 2.05) is 36.6 Å². The lowest BCUT2D eigenvalue weighted by atomic mass is 10.1. The summed E-state index contributed by atoms with van der Waals surface area (Å²) in [5.41, 5.74) is 3.94. The number of hydrogen-bond donors (Lipinski definition) is 0. The number of carbonyl (C=O) groups is 2. The van der Waals surface area contributed by atoms with Crippen molar-refractivity contribution < 1.29 is 14.5 Å². The number of imide groups is 1. The van der Waals surface area contributed by atoms with Crippen LogP contribution in [-0.2, 0) is 4.79 Å². The van der Waals surface area contributed by atoms with Gasteiger partial charge in [0.25, 0.3) is 16.8 Å². The number of piperidine rings is 1. The Labute approximate surface area is 196 Å². The summed E-state index contributed by atoms with van der Waals surface area (Å²) < 4.78 is 1.94. The van der Waals surface area contributed by atoms with Crippen LogP contribution in [0.3, 0.4) is 0 Å². The van der Waals surface area contributed by atoms with Crippen LogP contribution < -0.4 is 4.90 Å². The summed E-state index contributed by atoms with van der Waals surface area (Å²) in [5, 5.41) is 11.6. The van der Waals surface area contributed by atoms with Crippen molar-refractivity contribution in [3.05, 3.63) is 68.9 Å². The molecule has 33 heavy (non-hydrogen) atoms. The van der Waals surface area contributed by atoms with Gasteiger partial charge in [-0.1, -0.05) is 6.08 Å². The first-order valence-electron chi connectivity index (χ1n) is 10.9. The third-order valence-electron chi connectivity index (χ3n) is 6.05. The molecule has 1 aromatic carbocycles. The van der Waals surface area contributed by atoms with E-state index in [9.17, 15) is 19.7 Å². The Morgan fingerprint density at radius 1 is 1.15 bits per heavy atom. The van der Waals surface area contributed by atoms with Gasteiger partial charge in [0.05, 0.1) is 15.5 Å². The average molecular weight is 467 g/mol. The van der Waals surface area contributed by atoms with E-state index >= 15 is 0 Å². The number of nitro benzene ring substituents is 1. The second-order valence-corrected chi connectivity index (χ2v) is 9.21. The molecule has 2 aliphatic rings. The Morgan fingerprint density at radius 3 is 2.55 bits per heavy atom. The summed E-state index contributed by atoms with van der Waals surface area (Å²) in [6, 6.07) is 7.27. The third kappa shape index (κ3) is 4.32. The summed E-state index contributed by atoms with van der Waals surface area (Å²) in [5.74, 6) is -0.337. The van der Waals surface area contributed by atoms with Crippen LogP contribution in [0.1, 0.15) is 36.2 Å². The van der Waals surface area contributed by atoms with Gasteiger partial charge in [0.15, 0.2) is 0 Å². The molecule has 2 aliphatic heterocycles. The number of aryl methyl sites for hydroxylation is 1. The second kappa shape index (κ2) is 9.27. The minimum atomic E-state index is -0.337. The van der Waals surface area contributed by atoms with Crippen LogP contribution in [0.15, 0.2) is 41.8 Å². The summed E-state index contributed by atoms with van der Waals surface area (Å²) in [4.78, 5) is 39.9. The van der Waals surface area contributed by atoms with Crippen molar-refractivity contribution in [2.45, 2.75) is 33.1 Å². The predicted octanol–water partition coefficient (Wildman–Crippen LogP) is 5.21. The molecule has 0 saturated carbocycles. The quantitative estimate of drug-likeness (QED) is 0.251. The van der Waals surface area contributed by atoms with E-state index in [2.05, 4.69) is 11.5 Å². The smallest absolute Gasteiger partial charge is 0.294 e. The number of rotatable bonds is 6. The van der Waals surface area contributed by atoms with Gasteiger partial charge in [0.2, 0.25) is 0 Å². The van der Waals surface area contributed by atoms with Crippen molar-refractivity contribution in [2.24, 2.45) is 0 Å². The van der Waals surface area contributed by atoms with Crippen LogP contribution in [0.4, 0.5) is 16.2 Å². The maximum Gasteiger partial charge on any atom is 0.294 e. The van der Waals surface area contributed by atoms with Gasteiger partial charge in [-0.3, -0.25) is 24.6 Å². The molecule has 1 aromatic heterocycles. The van der Waals surface area contributed by atoms with Gasteiger partial charge in [-0.2, -0.15) is 0 Å². The van der Waals surface area contributed by atoms with Crippen LogP contribution >= 0.6 is 11.8 Å². The minimum Gasteiger partial charge on any atom is -0.366 e. The Balaban J connectivity index is 1.71. The molecule has 0 atom stereocenters. The van der Waals surface area contributed by atoms with E-state index in [1.165, 1.54) is 6.08 Å². The van der Waals surface area contributed by atoms with Crippen molar-refractivity contribution >= 4 is 40.4 Å². The minimum absolute atomic E-state index is 0.0917. The van der Waals surface area contributed by atoms with Crippen molar-refractivity contribution in [3.63, 3.8) is 0 Å². The van der Waals surface area contributed by atoms with Crippen LogP contribution in [0.2, 0.25) is 0 Å². The molecule has 2 fully saturated rings. The van der Waals surface area contributed by atoms with Gasteiger partial charge in [-0.25, -0.2) is 0 Å². The maximum atomic E-state index is 12.6. The molecule has 0 spiro atoms. The normalized spacial score (nSPS) is 17.8. The highest BCUT2D eigenvalue weighted by atomic mass is 32.2. The Kier molecular flexibility index (Phi) is 6.42. The number of anilines is 1. The van der Waals surface area contributed by atoms with Crippen LogP contribution in [0.25, 0.3) is 11.8 Å². The van der Waals surface area contributed by atoms with Crippen molar-refractivity contribution in [1.29, 1.82) is 0 Å². The maximum absolute atomic E-state index is 12.6. The molecule has 2 saturated heterocycles. The van der Waals surface area contributed by atoms with Crippen molar-refractivity contribution in [3.8, 4) is 5.69 Å². The highest BCUT2D eigenvalue weighted by Gasteiger charge is 2.34. The predicted molar refractivity (Wildman–Crippen MR) is 131 cm³/mol. The lowest BCUT2D eigenvalue weighted by Gasteiger charge is -2.28. The fraction of sp³-hybridized carbons (Fsp3) is 0.333. The largest absolute Gasteiger partial charge is 0.366 e. The van der Waals surface area contributed by atoms with E-state index in [-0.39, 0.29) is 28.3 Å². The zero-order valence-corrected chi connectivity index (χ0v) is 19.6. The van der Waals surface area contributed by atoms with Gasteiger partial charge in [-0.15, -0.1) is 6.58 Å². The molecule has 0 radical (unpaired) electrons. The van der Waals surface area contributed by atoms with Crippen LogP contribution in [0.5, 0.6) is 0 Å². The van der Waals surface area contributed by atoms with Gasteiger partial charge in [0, 0.05) is 37.1 Å². The lowest BCUT2D eigenvalue weighted by Crippen LogP contribution is -2.30. The number of thioether (sulfide) groups is 1. The standard InChI is InChI=1S/C24H26N4O4S/c1-4-10-26-23(29)22(33-24(26)30)14-18-13-16(2)27(17(18)3)19-8-9-20(21(15-19)28(31)32)25-11-6-5-7-12-25/h4,8-9,13-15H,1,5-7,10-12H2,2-3H3/b22-14-. The summed E-state index contributed by atoms with van der Waals surface area (Å²) in [7, 11) is 0. The van der Waals surface area contributed by atoms with Crippen molar-refractivity contribution in [1.82, 2.24) is 9.47 Å². The van der Waals surface area contributed by atoms with Gasteiger partial charge < -0.3 is 9.47 Å². The van der Waals surface area contributed by atoms with E-state index in [0.29, 0.717) is 16.3 Å². The first-order valence-corrected chi connectivity index (χ1v) is 11.7. The SMILES string of the molecule is C=CCN1C(=O)S/C(=C\c2cc(C)n(-c3ccc(N4CCCCC4)c([N+](=O)[O-])c3)c2C)C1=O. The topological polar surface area (TPSA) is 88.7 Å². The monoisotopic (exact) mass is 466 g/mol. The highest BCUT2D eigenvalue weighted by molar-refractivity contribution is 8.18. The number of hydrogen-bond acceptors (Lipinski definition) is 6. The van der Waals surface area contributed by atoms with Gasteiger partial charge in [0.1, 0.15) is 5.69 Å². The van der Waals surface area contributed by atoms with Gasteiger partial charge >= 0.3 is 0 Å². The zero-order chi connectivity index (χ0) is 23.7. The Hall–Kier alpha value is -3.33. The molecular weight excluding hydrogens is 440 g/mol. The Bertz CT molecular complexity index is 1180. The molecule has 2 aromatic rings. The fourth-order valence-corrected chi connectivity index (χ4v) is 5.30. The van der Waals surface area contributed by atoms with Crippen molar-refractivity contribution in [2.75, 3.05) is 24.5 Å². The second-order valence-electron chi connectivity index (χ2n) is 8.22. The average Bonchev–Trinajstić information content (AvgIpc) is 3.23. The molecule has 8 nitrogen and oxygen atoms in total. The van der Waals surface area contributed by atoms with Gasteiger partial charge in [-0.05, 0) is 74.7 Å². The molecule has 172 valence electrons. The summed E-state index contributed by atoms with van der Waals surface area (Å²) in [6.45, 7) is 9.23. The highest BCUT2D eigenvalue weighted by Crippen LogP contribution is 2.36.